The number of amides is 1. The first kappa shape index (κ1) is 22.2. The standard InChI is InChI=1S/2C13H15NO2/c15-13-11-7-3-2-6-10(11)12(16-13)14-8-4-1-5-9-14;15-10-11-6-2-3-7-12(11)13(16)14-8-4-1-5-9-14/h2-3,6-7,12H,1,4-5,8-9H2;2-3,6-7,10H,1,4-5,8-9H2. The SMILES string of the molecule is O=C1OC(N2CCCCC2)c2ccccc21.O=Cc1ccccc1C(=O)N1CCCCC1. The molecule has 0 spiro atoms. The molecule has 0 radical (unpaired) electrons. The molecule has 6 heteroatoms. The molecule has 0 bridgehead atoms. The summed E-state index contributed by atoms with van der Waals surface area (Å²) in [6, 6.07) is 14.7. The molecule has 6 nitrogen and oxygen atoms in total. The zero-order valence-electron chi connectivity index (χ0n) is 18.4. The van der Waals surface area contributed by atoms with Crippen LogP contribution in [0.3, 0.4) is 0 Å². The number of cyclic esters (lactones) is 1. The zero-order chi connectivity index (χ0) is 22.3. The maximum Gasteiger partial charge on any atom is 0.340 e. The third-order valence-electron chi connectivity index (χ3n) is 6.35. The predicted octanol–water partition coefficient (Wildman–Crippen LogP) is 4.47. The van der Waals surface area contributed by atoms with Crippen molar-refractivity contribution < 1.29 is 19.1 Å². The maximum atomic E-state index is 12.1. The molecule has 5 rings (SSSR count). The van der Waals surface area contributed by atoms with Gasteiger partial charge in [0.15, 0.2) is 12.5 Å². The van der Waals surface area contributed by atoms with Crippen LogP contribution >= 0.6 is 0 Å². The van der Waals surface area contributed by atoms with E-state index in [1.807, 2.05) is 29.2 Å². The van der Waals surface area contributed by atoms with E-state index in [-0.39, 0.29) is 18.1 Å². The Bertz CT molecular complexity index is 962. The molecule has 0 aliphatic carbocycles. The number of piperidine rings is 2. The van der Waals surface area contributed by atoms with E-state index in [0.29, 0.717) is 11.1 Å². The quantitative estimate of drug-likeness (QED) is 0.527. The summed E-state index contributed by atoms with van der Waals surface area (Å²) in [5, 5.41) is 0. The molecule has 1 atom stereocenters. The fourth-order valence-electron chi connectivity index (χ4n) is 4.61. The van der Waals surface area contributed by atoms with Gasteiger partial charge in [0.2, 0.25) is 0 Å². The van der Waals surface area contributed by atoms with Gasteiger partial charge in [0, 0.05) is 37.3 Å². The number of esters is 1. The minimum absolute atomic E-state index is 0.0117. The molecule has 168 valence electrons. The number of carbonyl (C=O) groups excluding carboxylic acids is 3. The van der Waals surface area contributed by atoms with E-state index < -0.39 is 0 Å². The van der Waals surface area contributed by atoms with Crippen LogP contribution in [-0.2, 0) is 4.74 Å². The van der Waals surface area contributed by atoms with Crippen molar-refractivity contribution >= 4 is 18.2 Å². The summed E-state index contributed by atoms with van der Waals surface area (Å²) in [7, 11) is 0. The van der Waals surface area contributed by atoms with Gasteiger partial charge in [-0.25, -0.2) is 4.79 Å². The van der Waals surface area contributed by atoms with Crippen LogP contribution in [-0.4, -0.2) is 54.1 Å². The second-order valence-electron chi connectivity index (χ2n) is 8.50. The Morgan fingerprint density at radius 2 is 1.47 bits per heavy atom. The molecule has 2 saturated heterocycles. The van der Waals surface area contributed by atoms with Gasteiger partial charge in [0.1, 0.15) is 0 Å². The topological polar surface area (TPSA) is 66.9 Å². The predicted molar refractivity (Wildman–Crippen MR) is 122 cm³/mol. The van der Waals surface area contributed by atoms with Crippen molar-refractivity contribution in [2.75, 3.05) is 26.2 Å². The van der Waals surface area contributed by atoms with Crippen LogP contribution in [0.1, 0.15) is 81.4 Å². The lowest BCUT2D eigenvalue weighted by Gasteiger charge is -2.31. The summed E-state index contributed by atoms with van der Waals surface area (Å²) in [5.74, 6) is -0.187. The Labute approximate surface area is 189 Å². The van der Waals surface area contributed by atoms with E-state index in [2.05, 4.69) is 4.90 Å². The van der Waals surface area contributed by atoms with Crippen LogP contribution in [0.4, 0.5) is 0 Å². The lowest BCUT2D eigenvalue weighted by Crippen LogP contribution is -2.36. The monoisotopic (exact) mass is 434 g/mol. The van der Waals surface area contributed by atoms with Crippen LogP contribution < -0.4 is 0 Å². The third-order valence-corrected chi connectivity index (χ3v) is 6.35. The first-order chi connectivity index (χ1) is 15.7. The second kappa shape index (κ2) is 10.6. The van der Waals surface area contributed by atoms with E-state index in [9.17, 15) is 14.4 Å². The Balaban J connectivity index is 0.000000153. The minimum Gasteiger partial charge on any atom is -0.438 e. The number of ether oxygens (including phenoxy) is 1. The number of nitrogens with zero attached hydrogens (tertiary/aromatic N) is 2. The Morgan fingerprint density at radius 3 is 2.19 bits per heavy atom. The van der Waals surface area contributed by atoms with E-state index in [0.717, 1.165) is 56.4 Å². The van der Waals surface area contributed by atoms with Crippen molar-refractivity contribution in [2.45, 2.75) is 44.8 Å². The average Bonchev–Trinajstić information content (AvgIpc) is 3.21. The molecule has 3 heterocycles. The van der Waals surface area contributed by atoms with Gasteiger partial charge in [0.25, 0.3) is 5.91 Å². The van der Waals surface area contributed by atoms with E-state index in [4.69, 9.17) is 4.74 Å². The van der Waals surface area contributed by atoms with Crippen LogP contribution in [0.25, 0.3) is 0 Å². The number of hydrogen-bond acceptors (Lipinski definition) is 5. The number of aldehydes is 1. The van der Waals surface area contributed by atoms with Crippen molar-refractivity contribution in [2.24, 2.45) is 0 Å². The van der Waals surface area contributed by atoms with Crippen LogP contribution in [0, 0.1) is 0 Å². The van der Waals surface area contributed by atoms with E-state index in [1.54, 1.807) is 24.3 Å². The van der Waals surface area contributed by atoms with Crippen molar-refractivity contribution in [3.8, 4) is 0 Å². The largest absolute Gasteiger partial charge is 0.438 e. The first-order valence-corrected chi connectivity index (χ1v) is 11.6. The Morgan fingerprint density at radius 1 is 0.844 bits per heavy atom. The van der Waals surface area contributed by atoms with Crippen LogP contribution in [0.5, 0.6) is 0 Å². The van der Waals surface area contributed by atoms with Gasteiger partial charge in [-0.2, -0.15) is 0 Å². The summed E-state index contributed by atoms with van der Waals surface area (Å²) >= 11 is 0. The second-order valence-corrected chi connectivity index (χ2v) is 8.50. The van der Waals surface area contributed by atoms with Gasteiger partial charge in [-0.1, -0.05) is 42.8 Å². The summed E-state index contributed by atoms with van der Waals surface area (Å²) < 4.78 is 5.46. The molecule has 3 aliphatic rings. The van der Waals surface area contributed by atoms with E-state index in [1.165, 1.54) is 25.7 Å². The van der Waals surface area contributed by atoms with Gasteiger partial charge in [-0.3, -0.25) is 14.5 Å². The lowest BCUT2D eigenvalue weighted by molar-refractivity contribution is -0.0301. The van der Waals surface area contributed by atoms with Crippen molar-refractivity contribution in [1.82, 2.24) is 9.80 Å². The minimum atomic E-state index is -0.175. The lowest BCUT2D eigenvalue weighted by atomic mass is 10.1. The van der Waals surface area contributed by atoms with Crippen LogP contribution in [0.15, 0.2) is 48.5 Å². The number of benzene rings is 2. The Hall–Kier alpha value is -2.99. The molecule has 3 aliphatic heterocycles. The van der Waals surface area contributed by atoms with Crippen LogP contribution in [0.2, 0.25) is 0 Å². The molecule has 32 heavy (non-hydrogen) atoms. The summed E-state index contributed by atoms with van der Waals surface area (Å²) in [6.07, 6.45) is 7.63. The molecule has 0 N–H and O–H groups in total. The third kappa shape index (κ3) is 4.91. The van der Waals surface area contributed by atoms with E-state index >= 15 is 0 Å². The number of carbonyl (C=O) groups is 3. The van der Waals surface area contributed by atoms with Gasteiger partial charge >= 0.3 is 5.97 Å². The smallest absolute Gasteiger partial charge is 0.340 e. The molecule has 0 aromatic heterocycles. The molecule has 2 fully saturated rings. The van der Waals surface area contributed by atoms with Gasteiger partial charge < -0.3 is 9.64 Å². The highest BCUT2D eigenvalue weighted by atomic mass is 16.6. The molecule has 1 amide bonds. The number of fused-ring (bicyclic) bond motifs is 1. The number of likely N-dealkylation sites (tertiary alicyclic amines) is 2. The zero-order valence-corrected chi connectivity index (χ0v) is 18.4. The highest BCUT2D eigenvalue weighted by Crippen LogP contribution is 2.34. The summed E-state index contributed by atoms with van der Waals surface area (Å²) in [6.45, 7) is 3.69. The van der Waals surface area contributed by atoms with Crippen molar-refractivity contribution in [3.05, 3.63) is 70.8 Å². The summed E-state index contributed by atoms with van der Waals surface area (Å²) in [4.78, 5) is 38.8. The number of rotatable bonds is 3. The highest BCUT2D eigenvalue weighted by Gasteiger charge is 2.35. The summed E-state index contributed by atoms with van der Waals surface area (Å²) in [5.41, 5.74) is 2.78. The number of hydrogen-bond donors (Lipinski definition) is 0. The van der Waals surface area contributed by atoms with Crippen molar-refractivity contribution in [1.29, 1.82) is 0 Å². The van der Waals surface area contributed by atoms with Gasteiger partial charge in [-0.05, 0) is 44.2 Å². The van der Waals surface area contributed by atoms with Gasteiger partial charge in [-0.15, -0.1) is 0 Å². The average molecular weight is 435 g/mol. The van der Waals surface area contributed by atoms with Gasteiger partial charge in [0.05, 0.1) is 11.1 Å². The fourth-order valence-corrected chi connectivity index (χ4v) is 4.61. The Kier molecular flexibility index (Phi) is 7.32. The maximum absolute atomic E-state index is 12.1. The molecular formula is C26H30N2O4. The molecule has 1 unspecified atom stereocenters. The molecule has 2 aromatic carbocycles. The first-order valence-electron chi connectivity index (χ1n) is 11.6. The fraction of sp³-hybridized carbons (Fsp3) is 0.423. The highest BCUT2D eigenvalue weighted by molar-refractivity contribution is 6.01. The molecule has 0 saturated carbocycles. The normalized spacial score (nSPS) is 20.6. The van der Waals surface area contributed by atoms with Crippen molar-refractivity contribution in [3.63, 3.8) is 0 Å². The molecule has 2 aromatic rings. The molecular weight excluding hydrogens is 404 g/mol.